The molecule has 1 aromatic rings. The molecule has 0 aliphatic heterocycles. The molecule has 0 spiro atoms. The quantitative estimate of drug-likeness (QED) is 0.830. The van der Waals surface area contributed by atoms with Crippen LogP contribution in [0.3, 0.4) is 0 Å². The molecule has 84 valence electrons. The lowest BCUT2D eigenvalue weighted by Crippen LogP contribution is -2.15. The Kier molecular flexibility index (Phi) is 3.04. The summed E-state index contributed by atoms with van der Waals surface area (Å²) >= 11 is 0. The molecule has 0 bridgehead atoms. The van der Waals surface area contributed by atoms with Crippen LogP contribution in [0.2, 0.25) is 0 Å². The van der Waals surface area contributed by atoms with Crippen molar-refractivity contribution < 1.29 is 14.7 Å². The molecule has 16 heavy (non-hydrogen) atoms. The zero-order valence-electron chi connectivity index (χ0n) is 8.98. The average molecular weight is 218 g/mol. The molecule has 1 aliphatic carbocycles. The normalized spacial score (nSPS) is 17.4. The fourth-order valence-corrected chi connectivity index (χ4v) is 2.30. The van der Waals surface area contributed by atoms with E-state index < -0.39 is 5.97 Å². The largest absolute Gasteiger partial charge is 0.478 e. The summed E-state index contributed by atoms with van der Waals surface area (Å²) < 4.78 is 0. The van der Waals surface area contributed by atoms with Crippen LogP contribution >= 0.6 is 0 Å². The molecule has 2 rings (SSSR count). The van der Waals surface area contributed by atoms with Gasteiger partial charge in [-0.3, -0.25) is 4.79 Å². The molecule has 0 heterocycles. The Morgan fingerprint density at radius 1 is 1.19 bits per heavy atom. The number of carbonyl (C=O) groups is 2. The van der Waals surface area contributed by atoms with E-state index in [0.717, 1.165) is 18.4 Å². The molecule has 0 aromatic heterocycles. The number of rotatable bonds is 2. The number of hydrogen-bond acceptors (Lipinski definition) is 2. The molecular weight excluding hydrogens is 204 g/mol. The monoisotopic (exact) mass is 218 g/mol. The third-order valence-electron chi connectivity index (χ3n) is 3.17. The molecule has 1 N–H and O–H groups in total. The molecule has 0 amide bonds. The van der Waals surface area contributed by atoms with Gasteiger partial charge in [-0.25, -0.2) is 4.79 Å². The Labute approximate surface area is 94.1 Å². The molecule has 0 atom stereocenters. The van der Waals surface area contributed by atoms with Crippen LogP contribution in [0.15, 0.2) is 24.3 Å². The Hall–Kier alpha value is -1.64. The Balaban J connectivity index is 2.26. The summed E-state index contributed by atoms with van der Waals surface area (Å²) in [6.45, 7) is 0. The van der Waals surface area contributed by atoms with Crippen molar-refractivity contribution in [1.82, 2.24) is 0 Å². The Bertz CT molecular complexity index is 413. The van der Waals surface area contributed by atoms with Crippen molar-refractivity contribution in [2.75, 3.05) is 0 Å². The van der Waals surface area contributed by atoms with Gasteiger partial charge in [0.15, 0.2) is 0 Å². The maximum absolute atomic E-state index is 11.1. The van der Waals surface area contributed by atoms with Gasteiger partial charge in [-0.2, -0.15) is 0 Å². The number of carbonyl (C=O) groups excluding carboxylic acids is 1. The first-order valence-corrected chi connectivity index (χ1v) is 5.52. The lowest BCUT2D eigenvalue weighted by molar-refractivity contribution is -0.120. The highest BCUT2D eigenvalue weighted by atomic mass is 16.4. The SMILES string of the molecule is O=C1CCC(c2ccccc2C(=O)O)CC1. The molecule has 3 heteroatoms. The van der Waals surface area contributed by atoms with Crippen LogP contribution in [0.1, 0.15) is 47.5 Å². The van der Waals surface area contributed by atoms with E-state index in [1.807, 2.05) is 12.1 Å². The van der Waals surface area contributed by atoms with Crippen LogP contribution in [0.4, 0.5) is 0 Å². The maximum atomic E-state index is 11.1. The first-order chi connectivity index (χ1) is 7.68. The molecule has 0 radical (unpaired) electrons. The number of Topliss-reactive ketones (excluding diaryl/α,β-unsaturated/α-hetero) is 1. The molecule has 1 aromatic carbocycles. The topological polar surface area (TPSA) is 54.4 Å². The highest BCUT2D eigenvalue weighted by molar-refractivity contribution is 5.89. The molecule has 1 aliphatic rings. The lowest BCUT2D eigenvalue weighted by Gasteiger charge is -2.22. The van der Waals surface area contributed by atoms with Crippen molar-refractivity contribution in [2.45, 2.75) is 31.6 Å². The van der Waals surface area contributed by atoms with Gasteiger partial charge in [-0.1, -0.05) is 18.2 Å². The summed E-state index contributed by atoms with van der Waals surface area (Å²) in [7, 11) is 0. The van der Waals surface area contributed by atoms with Crippen LogP contribution in [0.5, 0.6) is 0 Å². The molecule has 1 saturated carbocycles. The van der Waals surface area contributed by atoms with Gasteiger partial charge in [0.1, 0.15) is 5.78 Å². The van der Waals surface area contributed by atoms with Gasteiger partial charge < -0.3 is 5.11 Å². The molecule has 3 nitrogen and oxygen atoms in total. The third-order valence-corrected chi connectivity index (χ3v) is 3.17. The van der Waals surface area contributed by atoms with Crippen LogP contribution in [-0.4, -0.2) is 16.9 Å². The van der Waals surface area contributed by atoms with Gasteiger partial charge in [0.05, 0.1) is 5.56 Å². The van der Waals surface area contributed by atoms with Gasteiger partial charge in [0.2, 0.25) is 0 Å². The van der Waals surface area contributed by atoms with Crippen molar-refractivity contribution in [2.24, 2.45) is 0 Å². The van der Waals surface area contributed by atoms with Crippen molar-refractivity contribution in [1.29, 1.82) is 0 Å². The lowest BCUT2D eigenvalue weighted by atomic mass is 9.81. The van der Waals surface area contributed by atoms with E-state index in [0.29, 0.717) is 24.2 Å². The van der Waals surface area contributed by atoms with Gasteiger partial charge >= 0.3 is 5.97 Å². The van der Waals surface area contributed by atoms with E-state index in [9.17, 15) is 9.59 Å². The first-order valence-electron chi connectivity index (χ1n) is 5.52. The maximum Gasteiger partial charge on any atom is 0.335 e. The average Bonchev–Trinajstić information content (AvgIpc) is 2.30. The molecular formula is C13H14O3. The van der Waals surface area contributed by atoms with Gasteiger partial charge in [0.25, 0.3) is 0 Å². The third kappa shape index (κ3) is 2.13. The number of benzene rings is 1. The smallest absolute Gasteiger partial charge is 0.335 e. The number of carboxylic acids is 1. The first kappa shape index (κ1) is 10.9. The summed E-state index contributed by atoms with van der Waals surface area (Å²) in [5, 5.41) is 9.08. The van der Waals surface area contributed by atoms with Crippen LogP contribution in [0.25, 0.3) is 0 Å². The minimum atomic E-state index is -0.882. The van der Waals surface area contributed by atoms with E-state index >= 15 is 0 Å². The highest BCUT2D eigenvalue weighted by Gasteiger charge is 2.23. The van der Waals surface area contributed by atoms with Gasteiger partial charge in [-0.15, -0.1) is 0 Å². The number of aromatic carboxylic acids is 1. The predicted octanol–water partition coefficient (Wildman–Crippen LogP) is 2.61. The Morgan fingerprint density at radius 3 is 2.44 bits per heavy atom. The fraction of sp³-hybridized carbons (Fsp3) is 0.385. The second kappa shape index (κ2) is 4.47. The van der Waals surface area contributed by atoms with E-state index in [4.69, 9.17) is 5.11 Å². The van der Waals surface area contributed by atoms with Crippen molar-refractivity contribution in [3.05, 3.63) is 35.4 Å². The zero-order chi connectivity index (χ0) is 11.5. The second-order valence-corrected chi connectivity index (χ2v) is 4.21. The summed E-state index contributed by atoms with van der Waals surface area (Å²) in [4.78, 5) is 22.2. The number of ketones is 1. The van der Waals surface area contributed by atoms with E-state index in [1.165, 1.54) is 0 Å². The van der Waals surface area contributed by atoms with Crippen molar-refractivity contribution in [3.8, 4) is 0 Å². The zero-order valence-corrected chi connectivity index (χ0v) is 8.98. The van der Waals surface area contributed by atoms with Crippen molar-refractivity contribution in [3.63, 3.8) is 0 Å². The Morgan fingerprint density at radius 2 is 1.81 bits per heavy atom. The van der Waals surface area contributed by atoms with E-state index in [1.54, 1.807) is 12.1 Å². The van der Waals surface area contributed by atoms with Crippen molar-refractivity contribution >= 4 is 11.8 Å². The summed E-state index contributed by atoms with van der Waals surface area (Å²) in [6.07, 6.45) is 2.73. The molecule has 1 fully saturated rings. The minimum absolute atomic E-state index is 0.227. The predicted molar refractivity (Wildman–Crippen MR) is 59.6 cm³/mol. The minimum Gasteiger partial charge on any atom is -0.478 e. The standard InChI is InChI=1S/C13H14O3/c14-10-7-5-9(6-8-10)11-3-1-2-4-12(11)13(15)16/h1-4,9H,5-8H2,(H,15,16). The number of carboxylic acid groups (broad SMARTS) is 1. The number of hydrogen-bond donors (Lipinski definition) is 1. The van der Waals surface area contributed by atoms with E-state index in [2.05, 4.69) is 0 Å². The van der Waals surface area contributed by atoms with Crippen LogP contribution < -0.4 is 0 Å². The summed E-state index contributed by atoms with van der Waals surface area (Å²) in [5.41, 5.74) is 1.25. The molecule has 0 unspecified atom stereocenters. The van der Waals surface area contributed by atoms with Gasteiger partial charge in [-0.05, 0) is 30.4 Å². The highest BCUT2D eigenvalue weighted by Crippen LogP contribution is 2.32. The summed E-state index contributed by atoms with van der Waals surface area (Å²) in [5.74, 6) is -0.360. The van der Waals surface area contributed by atoms with Crippen LogP contribution in [-0.2, 0) is 4.79 Å². The van der Waals surface area contributed by atoms with Crippen LogP contribution in [0, 0.1) is 0 Å². The molecule has 0 saturated heterocycles. The fourth-order valence-electron chi connectivity index (χ4n) is 2.30. The second-order valence-electron chi connectivity index (χ2n) is 4.21. The van der Waals surface area contributed by atoms with E-state index in [-0.39, 0.29) is 5.92 Å². The summed E-state index contributed by atoms with van der Waals surface area (Å²) in [6, 6.07) is 7.09. The van der Waals surface area contributed by atoms with Gasteiger partial charge in [0, 0.05) is 12.8 Å².